The second-order valence-corrected chi connectivity index (χ2v) is 4.47. The van der Waals surface area contributed by atoms with Gasteiger partial charge in [0.25, 0.3) is 0 Å². The van der Waals surface area contributed by atoms with Gasteiger partial charge in [0.15, 0.2) is 0 Å². The third kappa shape index (κ3) is 4.80. The summed E-state index contributed by atoms with van der Waals surface area (Å²) in [6.07, 6.45) is 2.70. The Hall–Kier alpha value is -1.08. The third-order valence-electron chi connectivity index (χ3n) is 1.88. The normalized spacial score (nSPS) is 9.93. The van der Waals surface area contributed by atoms with Crippen LogP contribution in [-0.4, -0.2) is 15.7 Å². The Kier molecular flexibility index (Phi) is 5.13. The molecule has 0 N–H and O–H groups in total. The van der Waals surface area contributed by atoms with Gasteiger partial charge < -0.3 is 0 Å². The van der Waals surface area contributed by atoms with E-state index in [1.165, 1.54) is 0 Å². The van der Waals surface area contributed by atoms with Gasteiger partial charge in [-0.2, -0.15) is 5.26 Å². The van der Waals surface area contributed by atoms with E-state index < -0.39 is 0 Å². The highest BCUT2D eigenvalue weighted by atomic mass is 32.2. The maximum atomic E-state index is 8.38. The zero-order chi connectivity index (χ0) is 11.1. The fraction of sp³-hybridized carbons (Fsp3) is 0.545. The van der Waals surface area contributed by atoms with E-state index in [2.05, 4.69) is 16.0 Å². The monoisotopic (exact) mass is 221 g/mol. The Labute approximate surface area is 94.9 Å². The SMILES string of the molecule is Cc1cc(SCCCCC#N)nc(C)n1. The van der Waals surface area contributed by atoms with Gasteiger partial charge in [-0.15, -0.1) is 11.8 Å². The largest absolute Gasteiger partial charge is 0.238 e. The molecule has 0 aliphatic rings. The maximum Gasteiger partial charge on any atom is 0.126 e. The van der Waals surface area contributed by atoms with Crippen molar-refractivity contribution in [2.45, 2.75) is 38.1 Å². The number of unbranched alkanes of at least 4 members (excludes halogenated alkanes) is 2. The average Bonchev–Trinajstić information content (AvgIpc) is 2.16. The molecule has 0 atom stereocenters. The van der Waals surface area contributed by atoms with E-state index in [-0.39, 0.29) is 0 Å². The van der Waals surface area contributed by atoms with Crippen molar-refractivity contribution in [2.24, 2.45) is 0 Å². The summed E-state index contributed by atoms with van der Waals surface area (Å²) < 4.78 is 0. The molecule has 15 heavy (non-hydrogen) atoms. The van der Waals surface area contributed by atoms with Gasteiger partial charge in [-0.3, -0.25) is 0 Å². The number of aromatic nitrogens is 2. The maximum absolute atomic E-state index is 8.38. The fourth-order valence-electron chi connectivity index (χ4n) is 1.24. The zero-order valence-electron chi connectivity index (χ0n) is 9.16. The standard InChI is InChI=1S/C11H15N3S/c1-9-8-11(14-10(2)13-9)15-7-5-3-4-6-12/h8H,3-5,7H2,1-2H3. The van der Waals surface area contributed by atoms with Gasteiger partial charge in [0, 0.05) is 12.1 Å². The molecule has 0 amide bonds. The highest BCUT2D eigenvalue weighted by Crippen LogP contribution is 2.17. The molecule has 0 aromatic carbocycles. The molecule has 0 aliphatic heterocycles. The molecular weight excluding hydrogens is 206 g/mol. The Morgan fingerprint density at radius 1 is 1.33 bits per heavy atom. The van der Waals surface area contributed by atoms with E-state index in [0.29, 0.717) is 6.42 Å². The van der Waals surface area contributed by atoms with Crippen molar-refractivity contribution in [3.63, 3.8) is 0 Å². The summed E-state index contributed by atoms with van der Waals surface area (Å²) in [5.74, 6) is 1.85. The highest BCUT2D eigenvalue weighted by Gasteiger charge is 1.99. The molecule has 0 saturated carbocycles. The van der Waals surface area contributed by atoms with Crippen LogP contribution in [0.1, 0.15) is 30.8 Å². The molecule has 1 heterocycles. The van der Waals surface area contributed by atoms with Crippen molar-refractivity contribution in [3.05, 3.63) is 17.6 Å². The Morgan fingerprint density at radius 2 is 2.13 bits per heavy atom. The van der Waals surface area contributed by atoms with Gasteiger partial charge in [-0.1, -0.05) is 0 Å². The van der Waals surface area contributed by atoms with Crippen molar-refractivity contribution < 1.29 is 0 Å². The molecule has 0 radical (unpaired) electrons. The molecule has 4 heteroatoms. The molecule has 0 spiro atoms. The van der Waals surface area contributed by atoms with Gasteiger partial charge in [0.2, 0.25) is 0 Å². The van der Waals surface area contributed by atoms with Gasteiger partial charge in [-0.25, -0.2) is 9.97 Å². The molecule has 0 unspecified atom stereocenters. The molecule has 3 nitrogen and oxygen atoms in total. The van der Waals surface area contributed by atoms with Crippen LogP contribution in [0.4, 0.5) is 0 Å². The molecule has 80 valence electrons. The number of hydrogen-bond acceptors (Lipinski definition) is 4. The average molecular weight is 221 g/mol. The summed E-state index contributed by atoms with van der Waals surface area (Å²) >= 11 is 1.74. The van der Waals surface area contributed by atoms with Crippen molar-refractivity contribution >= 4 is 11.8 Å². The molecule has 0 aliphatic carbocycles. The second kappa shape index (κ2) is 6.41. The number of rotatable bonds is 5. The minimum absolute atomic E-state index is 0.655. The van der Waals surface area contributed by atoms with Crippen molar-refractivity contribution in [3.8, 4) is 6.07 Å². The Balaban J connectivity index is 2.34. The van der Waals surface area contributed by atoms with Crippen molar-refractivity contribution in [1.29, 1.82) is 5.26 Å². The first-order valence-electron chi connectivity index (χ1n) is 5.04. The summed E-state index contributed by atoms with van der Waals surface area (Å²) in [7, 11) is 0. The van der Waals surface area contributed by atoms with E-state index in [1.807, 2.05) is 19.9 Å². The number of nitriles is 1. The summed E-state index contributed by atoms with van der Waals surface area (Å²) in [6, 6.07) is 4.15. The first kappa shape index (κ1) is 12.0. The van der Waals surface area contributed by atoms with E-state index in [0.717, 1.165) is 35.1 Å². The minimum atomic E-state index is 0.655. The first-order chi connectivity index (χ1) is 7.22. The quantitative estimate of drug-likeness (QED) is 0.436. The van der Waals surface area contributed by atoms with Crippen LogP contribution in [0, 0.1) is 25.2 Å². The smallest absolute Gasteiger partial charge is 0.126 e. The third-order valence-corrected chi connectivity index (χ3v) is 2.87. The Morgan fingerprint density at radius 3 is 2.80 bits per heavy atom. The predicted molar refractivity (Wildman–Crippen MR) is 61.7 cm³/mol. The van der Waals surface area contributed by atoms with E-state index in [1.54, 1.807) is 11.8 Å². The predicted octanol–water partition coefficient (Wildman–Crippen LogP) is 2.88. The molecule has 1 aromatic rings. The topological polar surface area (TPSA) is 49.6 Å². The van der Waals surface area contributed by atoms with Crippen molar-refractivity contribution in [1.82, 2.24) is 9.97 Å². The van der Waals surface area contributed by atoms with E-state index >= 15 is 0 Å². The summed E-state index contributed by atoms with van der Waals surface area (Å²) in [4.78, 5) is 8.56. The molecule has 0 bridgehead atoms. The first-order valence-corrected chi connectivity index (χ1v) is 6.03. The zero-order valence-corrected chi connectivity index (χ0v) is 9.97. The summed E-state index contributed by atoms with van der Waals surface area (Å²) in [6.45, 7) is 3.89. The van der Waals surface area contributed by atoms with Gasteiger partial charge in [0.05, 0.1) is 11.1 Å². The van der Waals surface area contributed by atoms with E-state index in [4.69, 9.17) is 5.26 Å². The Bertz CT molecular complexity index is 337. The molecule has 0 saturated heterocycles. The van der Waals surface area contributed by atoms with Crippen LogP contribution in [-0.2, 0) is 0 Å². The van der Waals surface area contributed by atoms with Crippen LogP contribution < -0.4 is 0 Å². The van der Waals surface area contributed by atoms with Gasteiger partial charge in [0.1, 0.15) is 5.82 Å². The number of hydrogen-bond donors (Lipinski definition) is 0. The van der Waals surface area contributed by atoms with Gasteiger partial charge >= 0.3 is 0 Å². The van der Waals surface area contributed by atoms with E-state index in [9.17, 15) is 0 Å². The van der Waals surface area contributed by atoms with Crippen LogP contribution in [0.5, 0.6) is 0 Å². The number of aryl methyl sites for hydroxylation is 2. The van der Waals surface area contributed by atoms with Crippen LogP contribution in [0.25, 0.3) is 0 Å². The minimum Gasteiger partial charge on any atom is -0.238 e. The fourth-order valence-corrected chi connectivity index (χ4v) is 2.25. The van der Waals surface area contributed by atoms with Crippen LogP contribution in [0.3, 0.4) is 0 Å². The van der Waals surface area contributed by atoms with Crippen LogP contribution >= 0.6 is 11.8 Å². The van der Waals surface area contributed by atoms with Crippen LogP contribution in [0.15, 0.2) is 11.1 Å². The molecule has 1 rings (SSSR count). The lowest BCUT2D eigenvalue weighted by atomic mass is 10.3. The molecular formula is C11H15N3S. The van der Waals surface area contributed by atoms with Gasteiger partial charge in [-0.05, 0) is 38.5 Å². The number of nitrogens with zero attached hydrogens (tertiary/aromatic N) is 3. The summed E-state index contributed by atoms with van der Waals surface area (Å²) in [5, 5.41) is 9.42. The van der Waals surface area contributed by atoms with Crippen LogP contribution in [0.2, 0.25) is 0 Å². The highest BCUT2D eigenvalue weighted by molar-refractivity contribution is 7.99. The van der Waals surface area contributed by atoms with Crippen molar-refractivity contribution in [2.75, 3.05) is 5.75 Å². The number of thioether (sulfide) groups is 1. The molecule has 0 fully saturated rings. The summed E-state index contributed by atoms with van der Waals surface area (Å²) in [5.41, 5.74) is 1.02. The lowest BCUT2D eigenvalue weighted by Crippen LogP contribution is -1.93. The molecule has 1 aromatic heterocycles. The lowest BCUT2D eigenvalue weighted by molar-refractivity contribution is 0.828. The lowest BCUT2D eigenvalue weighted by Gasteiger charge is -2.02. The second-order valence-electron chi connectivity index (χ2n) is 3.36.